The van der Waals surface area contributed by atoms with Gasteiger partial charge >= 0.3 is 6.09 Å². The van der Waals surface area contributed by atoms with Crippen molar-refractivity contribution in [3.05, 3.63) is 22.4 Å². The average Bonchev–Trinajstić information content (AvgIpc) is 2.97. The molecule has 0 N–H and O–H groups in total. The Labute approximate surface area is 117 Å². The van der Waals surface area contributed by atoms with Crippen molar-refractivity contribution in [3.63, 3.8) is 0 Å². The summed E-state index contributed by atoms with van der Waals surface area (Å²) in [6.07, 6.45) is 1.18. The molecule has 0 radical (unpaired) electrons. The van der Waals surface area contributed by atoms with E-state index in [0.717, 1.165) is 12.8 Å². The molecule has 1 fully saturated rings. The van der Waals surface area contributed by atoms with Gasteiger partial charge in [-0.25, -0.2) is 4.79 Å². The van der Waals surface area contributed by atoms with Crippen LogP contribution in [0.25, 0.3) is 0 Å². The number of carbonyl (C=O) groups is 2. The standard InChI is InChI=1S/C14H19NO3S/c1-14(2,3)18-13(17)15-8-4-6-10(15)12(16)11-7-5-9-19-11/h5,7,9-10H,4,6,8H2,1-3H3/t10-/m1/s1. The van der Waals surface area contributed by atoms with E-state index in [1.165, 1.54) is 11.3 Å². The van der Waals surface area contributed by atoms with E-state index in [-0.39, 0.29) is 17.9 Å². The number of ketones is 1. The number of Topliss-reactive ketones (excluding diaryl/α,β-unsaturated/α-hetero) is 1. The topological polar surface area (TPSA) is 46.6 Å². The van der Waals surface area contributed by atoms with Crippen LogP contribution in [0.4, 0.5) is 4.79 Å². The number of thiophene rings is 1. The molecule has 0 spiro atoms. The molecule has 1 saturated heterocycles. The molecular weight excluding hydrogens is 262 g/mol. The van der Waals surface area contributed by atoms with Crippen molar-refractivity contribution >= 4 is 23.2 Å². The fraction of sp³-hybridized carbons (Fsp3) is 0.571. The van der Waals surface area contributed by atoms with E-state index in [1.54, 1.807) is 11.0 Å². The molecule has 0 bridgehead atoms. The summed E-state index contributed by atoms with van der Waals surface area (Å²) in [6.45, 7) is 6.09. The summed E-state index contributed by atoms with van der Waals surface area (Å²) in [7, 11) is 0. The van der Waals surface area contributed by atoms with Crippen LogP contribution in [0.1, 0.15) is 43.3 Å². The second-order valence-electron chi connectivity index (χ2n) is 5.67. The number of hydrogen-bond donors (Lipinski definition) is 0. The van der Waals surface area contributed by atoms with Crippen LogP contribution in [-0.2, 0) is 4.74 Å². The maximum absolute atomic E-state index is 12.3. The molecule has 1 aromatic heterocycles. The molecule has 0 aliphatic carbocycles. The molecule has 1 aromatic rings. The van der Waals surface area contributed by atoms with Gasteiger partial charge in [0.15, 0.2) is 5.78 Å². The maximum atomic E-state index is 12.3. The zero-order valence-corrected chi connectivity index (χ0v) is 12.3. The molecule has 1 atom stereocenters. The summed E-state index contributed by atoms with van der Waals surface area (Å²) < 4.78 is 5.36. The number of ether oxygens (including phenoxy) is 1. The number of nitrogens with zero attached hydrogens (tertiary/aromatic N) is 1. The molecule has 0 saturated carbocycles. The van der Waals surface area contributed by atoms with Crippen LogP contribution in [-0.4, -0.2) is 35.0 Å². The van der Waals surface area contributed by atoms with Gasteiger partial charge in [0, 0.05) is 6.54 Å². The third-order valence-corrected chi connectivity index (χ3v) is 3.83. The molecule has 1 aliphatic heterocycles. The first-order valence-electron chi connectivity index (χ1n) is 6.46. The molecule has 0 aromatic carbocycles. The van der Waals surface area contributed by atoms with Crippen LogP contribution >= 0.6 is 11.3 Å². The quantitative estimate of drug-likeness (QED) is 0.781. The van der Waals surface area contributed by atoms with E-state index < -0.39 is 5.60 Å². The first-order valence-corrected chi connectivity index (χ1v) is 7.34. The summed E-state index contributed by atoms with van der Waals surface area (Å²) in [5, 5.41) is 1.88. The molecule has 5 heteroatoms. The summed E-state index contributed by atoms with van der Waals surface area (Å²) in [5.41, 5.74) is -0.532. The first kappa shape index (κ1) is 14.1. The predicted molar refractivity (Wildman–Crippen MR) is 74.6 cm³/mol. The summed E-state index contributed by atoms with van der Waals surface area (Å²) in [5.74, 6) is 0.0263. The highest BCUT2D eigenvalue weighted by molar-refractivity contribution is 7.12. The van der Waals surface area contributed by atoms with Crippen LogP contribution < -0.4 is 0 Å². The van der Waals surface area contributed by atoms with Crippen LogP contribution in [0.2, 0.25) is 0 Å². The highest BCUT2D eigenvalue weighted by Crippen LogP contribution is 2.25. The van der Waals surface area contributed by atoms with Gasteiger partial charge in [-0.1, -0.05) is 6.07 Å². The Bertz CT molecular complexity index is 462. The van der Waals surface area contributed by atoms with E-state index in [1.807, 2.05) is 32.2 Å². The maximum Gasteiger partial charge on any atom is 0.410 e. The summed E-state index contributed by atoms with van der Waals surface area (Å²) >= 11 is 1.42. The lowest BCUT2D eigenvalue weighted by Crippen LogP contribution is -2.43. The Morgan fingerprint density at radius 1 is 1.42 bits per heavy atom. The van der Waals surface area contributed by atoms with Gasteiger partial charge < -0.3 is 4.74 Å². The van der Waals surface area contributed by atoms with Gasteiger partial charge in [-0.3, -0.25) is 9.69 Å². The molecule has 19 heavy (non-hydrogen) atoms. The molecule has 104 valence electrons. The van der Waals surface area contributed by atoms with Crippen molar-refractivity contribution in [3.8, 4) is 0 Å². The minimum absolute atomic E-state index is 0.0263. The molecule has 2 rings (SSSR count). The van der Waals surface area contributed by atoms with Crippen molar-refractivity contribution in [2.45, 2.75) is 45.3 Å². The van der Waals surface area contributed by atoms with E-state index >= 15 is 0 Å². The lowest BCUT2D eigenvalue weighted by molar-refractivity contribution is 0.0223. The number of rotatable bonds is 2. The summed E-state index contributed by atoms with van der Waals surface area (Å²) in [6, 6.07) is 3.29. The van der Waals surface area contributed by atoms with Gasteiger partial charge in [0.25, 0.3) is 0 Å². The Kier molecular flexibility index (Phi) is 3.94. The van der Waals surface area contributed by atoms with E-state index in [0.29, 0.717) is 11.4 Å². The van der Waals surface area contributed by atoms with Gasteiger partial charge in [0.1, 0.15) is 5.60 Å². The number of likely N-dealkylation sites (tertiary alicyclic amines) is 1. The van der Waals surface area contributed by atoms with E-state index in [9.17, 15) is 9.59 Å². The fourth-order valence-corrected chi connectivity index (χ4v) is 2.87. The smallest absolute Gasteiger partial charge is 0.410 e. The monoisotopic (exact) mass is 281 g/mol. The van der Waals surface area contributed by atoms with Crippen molar-refractivity contribution in [1.29, 1.82) is 0 Å². The molecule has 0 unspecified atom stereocenters. The lowest BCUT2D eigenvalue weighted by atomic mass is 10.1. The van der Waals surface area contributed by atoms with Crippen molar-refractivity contribution < 1.29 is 14.3 Å². The normalized spacial score (nSPS) is 19.5. The van der Waals surface area contributed by atoms with Crippen LogP contribution in [0, 0.1) is 0 Å². The minimum Gasteiger partial charge on any atom is -0.444 e. The second-order valence-corrected chi connectivity index (χ2v) is 6.62. The molecule has 1 aliphatic rings. The van der Waals surface area contributed by atoms with E-state index in [2.05, 4.69) is 0 Å². The Morgan fingerprint density at radius 2 is 2.16 bits per heavy atom. The first-order chi connectivity index (χ1) is 8.88. The SMILES string of the molecule is CC(C)(C)OC(=O)N1CCC[C@@H]1C(=O)c1cccs1. The molecule has 4 nitrogen and oxygen atoms in total. The average molecular weight is 281 g/mol. The van der Waals surface area contributed by atoms with E-state index in [4.69, 9.17) is 4.74 Å². The summed E-state index contributed by atoms with van der Waals surface area (Å²) in [4.78, 5) is 26.7. The highest BCUT2D eigenvalue weighted by atomic mass is 32.1. The van der Waals surface area contributed by atoms with Crippen LogP contribution in [0.15, 0.2) is 17.5 Å². The zero-order valence-electron chi connectivity index (χ0n) is 11.5. The van der Waals surface area contributed by atoms with Gasteiger partial charge in [-0.2, -0.15) is 0 Å². The van der Waals surface area contributed by atoms with Crippen LogP contribution in [0.5, 0.6) is 0 Å². The van der Waals surface area contributed by atoms with Crippen molar-refractivity contribution in [2.24, 2.45) is 0 Å². The van der Waals surface area contributed by atoms with Gasteiger partial charge in [-0.15, -0.1) is 11.3 Å². The van der Waals surface area contributed by atoms with Crippen molar-refractivity contribution in [2.75, 3.05) is 6.54 Å². The molecule has 1 amide bonds. The van der Waals surface area contributed by atoms with Gasteiger partial charge in [0.05, 0.1) is 10.9 Å². The zero-order chi connectivity index (χ0) is 14.0. The molecule has 2 heterocycles. The Morgan fingerprint density at radius 3 is 2.74 bits per heavy atom. The lowest BCUT2D eigenvalue weighted by Gasteiger charge is -2.27. The fourth-order valence-electron chi connectivity index (χ4n) is 2.16. The largest absolute Gasteiger partial charge is 0.444 e. The third kappa shape index (κ3) is 3.35. The Balaban J connectivity index is 2.09. The number of hydrogen-bond acceptors (Lipinski definition) is 4. The number of carbonyl (C=O) groups excluding carboxylic acids is 2. The Hall–Kier alpha value is -1.36. The minimum atomic E-state index is -0.532. The van der Waals surface area contributed by atoms with Gasteiger partial charge in [-0.05, 0) is 45.1 Å². The van der Waals surface area contributed by atoms with Gasteiger partial charge in [0.2, 0.25) is 0 Å². The highest BCUT2D eigenvalue weighted by Gasteiger charge is 2.37. The predicted octanol–water partition coefficient (Wildman–Crippen LogP) is 3.33. The van der Waals surface area contributed by atoms with Crippen molar-refractivity contribution in [1.82, 2.24) is 4.90 Å². The van der Waals surface area contributed by atoms with Crippen LogP contribution in [0.3, 0.4) is 0 Å². The second kappa shape index (κ2) is 5.33. The third-order valence-electron chi connectivity index (χ3n) is 2.95. The molecular formula is C14H19NO3S. The number of amides is 1.